The van der Waals surface area contributed by atoms with E-state index in [1.54, 1.807) is 6.07 Å². The van der Waals surface area contributed by atoms with Crippen molar-refractivity contribution >= 4 is 12.0 Å². The number of ether oxygens (including phenoxy) is 3. The predicted octanol–water partition coefficient (Wildman–Crippen LogP) is 1.55. The van der Waals surface area contributed by atoms with E-state index in [0.717, 1.165) is 31.3 Å². The fourth-order valence-electron chi connectivity index (χ4n) is 3.51. The van der Waals surface area contributed by atoms with Crippen LogP contribution in [0, 0.1) is 11.6 Å². The molecule has 0 amide bonds. The third-order valence-corrected chi connectivity index (χ3v) is 4.89. The number of aliphatic imine (C=N–C) groups is 1. The number of anilines is 1. The Bertz CT molecular complexity index is 1080. The quantitative estimate of drug-likeness (QED) is 0.544. The molecule has 0 bridgehead atoms. The summed E-state index contributed by atoms with van der Waals surface area (Å²) < 4.78 is 46.6. The summed E-state index contributed by atoms with van der Waals surface area (Å²) in [6.45, 7) is 1.61. The molecule has 0 spiro atoms. The van der Waals surface area contributed by atoms with Gasteiger partial charge in [0, 0.05) is 25.9 Å². The number of nitrogens with two attached hydrogens (primary N) is 1. The molecule has 2 N–H and O–H groups in total. The van der Waals surface area contributed by atoms with Crippen molar-refractivity contribution in [3.05, 3.63) is 57.8 Å². The Kier molecular flexibility index (Phi) is 5.85. The summed E-state index contributed by atoms with van der Waals surface area (Å²) in [5.41, 5.74) is 5.09. The van der Waals surface area contributed by atoms with Crippen molar-refractivity contribution in [1.82, 2.24) is 9.55 Å². The number of rotatable bonds is 6. The van der Waals surface area contributed by atoms with Crippen LogP contribution in [-0.4, -0.2) is 42.2 Å². The first-order chi connectivity index (χ1) is 15.0. The highest BCUT2D eigenvalue weighted by atomic mass is 19.1. The topological polar surface area (TPSA) is 104 Å². The lowest BCUT2D eigenvalue weighted by molar-refractivity contribution is 0.0269. The summed E-state index contributed by atoms with van der Waals surface area (Å²) in [5, 5.41) is 0. The summed E-state index contributed by atoms with van der Waals surface area (Å²) in [5.74, 6) is -1.76. The number of hydrogen-bond donors (Lipinski definition) is 1. The van der Waals surface area contributed by atoms with Gasteiger partial charge in [-0.15, -0.1) is 0 Å². The summed E-state index contributed by atoms with van der Waals surface area (Å²) in [7, 11) is 1.47. The molecule has 2 aromatic rings. The highest BCUT2D eigenvalue weighted by Gasteiger charge is 2.33. The van der Waals surface area contributed by atoms with E-state index in [0.29, 0.717) is 19.0 Å². The fourth-order valence-corrected chi connectivity index (χ4v) is 3.51. The van der Waals surface area contributed by atoms with Crippen LogP contribution in [0.2, 0.25) is 0 Å². The van der Waals surface area contributed by atoms with Crippen molar-refractivity contribution in [2.24, 2.45) is 10.7 Å². The first-order valence-corrected chi connectivity index (χ1v) is 9.63. The van der Waals surface area contributed by atoms with Gasteiger partial charge in [0.25, 0.3) is 0 Å². The molecule has 2 aliphatic heterocycles. The Morgan fingerprint density at radius 3 is 2.87 bits per heavy atom. The van der Waals surface area contributed by atoms with Crippen LogP contribution in [0.5, 0.6) is 11.6 Å². The first-order valence-electron chi connectivity index (χ1n) is 9.63. The molecule has 2 aliphatic rings. The molecule has 1 saturated heterocycles. The first kappa shape index (κ1) is 20.8. The van der Waals surface area contributed by atoms with E-state index in [9.17, 15) is 13.6 Å². The smallest absolute Gasteiger partial charge is 0.352 e. The molecular formula is C20H21F2N5O4. The molecule has 1 fully saturated rings. The highest BCUT2D eigenvalue weighted by Crippen LogP contribution is 2.30. The molecular weight excluding hydrogens is 412 g/mol. The Morgan fingerprint density at radius 1 is 1.39 bits per heavy atom. The van der Waals surface area contributed by atoms with Crippen molar-refractivity contribution in [1.29, 1.82) is 0 Å². The maximum Gasteiger partial charge on any atom is 0.352 e. The molecule has 0 radical (unpaired) electrons. The third-order valence-electron chi connectivity index (χ3n) is 4.89. The van der Waals surface area contributed by atoms with Crippen molar-refractivity contribution in [3.63, 3.8) is 0 Å². The van der Waals surface area contributed by atoms with Crippen LogP contribution < -0.4 is 25.8 Å². The fraction of sp³-hybridized carbons (Fsp3) is 0.350. The largest absolute Gasteiger partial charge is 0.473 e. The van der Waals surface area contributed by atoms with Crippen molar-refractivity contribution in [2.45, 2.75) is 25.8 Å². The van der Waals surface area contributed by atoms with Gasteiger partial charge >= 0.3 is 5.69 Å². The van der Waals surface area contributed by atoms with Crippen molar-refractivity contribution in [2.75, 3.05) is 25.1 Å². The zero-order valence-electron chi connectivity index (χ0n) is 16.8. The van der Waals surface area contributed by atoms with Gasteiger partial charge in [0.1, 0.15) is 18.7 Å². The Morgan fingerprint density at radius 2 is 2.16 bits per heavy atom. The Balaban J connectivity index is 1.50. The number of halogens is 2. The zero-order chi connectivity index (χ0) is 22.0. The Labute approximate surface area is 176 Å². The molecule has 1 unspecified atom stereocenters. The zero-order valence-corrected chi connectivity index (χ0v) is 16.8. The maximum atomic E-state index is 14.4. The second-order valence-corrected chi connectivity index (χ2v) is 6.95. The Hall–Kier alpha value is -3.47. The number of nitrogens with zero attached hydrogens (tertiary/aromatic N) is 4. The van der Waals surface area contributed by atoms with E-state index >= 15 is 0 Å². The number of fused-ring (bicyclic) bond motifs is 3. The van der Waals surface area contributed by atoms with Gasteiger partial charge in [-0.2, -0.15) is 4.98 Å². The minimum atomic E-state index is -0.933. The van der Waals surface area contributed by atoms with Gasteiger partial charge in [-0.05, 0) is 24.1 Å². The lowest BCUT2D eigenvalue weighted by Crippen LogP contribution is -2.40. The summed E-state index contributed by atoms with van der Waals surface area (Å²) >= 11 is 0. The maximum absolute atomic E-state index is 14.4. The van der Waals surface area contributed by atoms with E-state index in [4.69, 9.17) is 19.9 Å². The lowest BCUT2D eigenvalue weighted by atomic mass is 10.2. The summed E-state index contributed by atoms with van der Waals surface area (Å²) in [6.07, 6.45) is 2.92. The molecule has 1 atom stereocenters. The molecule has 4 rings (SSSR count). The molecule has 1 aromatic heterocycles. The highest BCUT2D eigenvalue weighted by molar-refractivity contribution is 5.76. The van der Waals surface area contributed by atoms with Crippen molar-refractivity contribution < 1.29 is 23.0 Å². The normalized spacial score (nSPS) is 18.2. The van der Waals surface area contributed by atoms with Crippen LogP contribution in [0.4, 0.5) is 14.6 Å². The third kappa shape index (κ3) is 4.22. The van der Waals surface area contributed by atoms with Crippen LogP contribution >= 0.6 is 0 Å². The second-order valence-electron chi connectivity index (χ2n) is 6.95. The van der Waals surface area contributed by atoms with Crippen molar-refractivity contribution in [3.8, 4) is 11.6 Å². The van der Waals surface area contributed by atoms with Crippen LogP contribution in [0.1, 0.15) is 12.0 Å². The molecule has 3 heterocycles. The monoisotopic (exact) mass is 433 g/mol. The summed E-state index contributed by atoms with van der Waals surface area (Å²) in [6, 6.07) is 3.78. The molecule has 31 heavy (non-hydrogen) atoms. The van der Waals surface area contributed by atoms with Crippen LogP contribution in [0.15, 0.2) is 39.9 Å². The van der Waals surface area contributed by atoms with Gasteiger partial charge in [-0.1, -0.05) is 0 Å². The molecule has 0 aliphatic carbocycles. The minimum absolute atomic E-state index is 0.00730. The average molecular weight is 433 g/mol. The van der Waals surface area contributed by atoms with Gasteiger partial charge in [-0.25, -0.2) is 13.6 Å². The second kappa shape index (κ2) is 8.72. The number of hydrogen-bond acceptors (Lipinski definition) is 8. The summed E-state index contributed by atoms with van der Waals surface area (Å²) in [4.78, 5) is 21.9. The number of benzene rings is 1. The standard InChI is InChI=1S/C20H21F2N5O4/c1-24-9-13(8-23)31-19-14(21)5-12(6-15(19)22)11-30-16-7-17-26-3-2-4-29-18(26)10-27(17)20(28)25-16/h5-9,18H,2-4,10-11,23H2,1H3. The van der Waals surface area contributed by atoms with Gasteiger partial charge in [0.05, 0.1) is 19.4 Å². The molecule has 1 aromatic carbocycles. The van der Waals surface area contributed by atoms with E-state index in [2.05, 4.69) is 9.98 Å². The van der Waals surface area contributed by atoms with Gasteiger partial charge in [0.2, 0.25) is 5.88 Å². The lowest BCUT2D eigenvalue weighted by Gasteiger charge is -2.30. The molecule has 9 nitrogen and oxygen atoms in total. The number of allylic oxidation sites excluding steroid dienone is 1. The van der Waals surface area contributed by atoms with Gasteiger partial charge in [-0.3, -0.25) is 9.56 Å². The molecule has 11 heteroatoms. The van der Waals surface area contributed by atoms with Crippen LogP contribution in [0.25, 0.3) is 0 Å². The van der Waals surface area contributed by atoms with E-state index in [-0.39, 0.29) is 30.0 Å². The van der Waals surface area contributed by atoms with E-state index < -0.39 is 23.1 Å². The SMILES string of the molecule is CN=CC(=CN)Oc1c(F)cc(COc2cc3n(c(=O)n2)CC2OCCCN32)cc1F. The van der Waals surface area contributed by atoms with Gasteiger partial charge < -0.3 is 24.8 Å². The van der Waals surface area contributed by atoms with E-state index in [1.165, 1.54) is 17.8 Å². The van der Waals surface area contributed by atoms with Gasteiger partial charge in [0.15, 0.2) is 23.1 Å². The average Bonchev–Trinajstić information content (AvgIpc) is 3.13. The number of aromatic nitrogens is 2. The van der Waals surface area contributed by atoms with Crippen LogP contribution in [0.3, 0.4) is 0 Å². The minimum Gasteiger partial charge on any atom is -0.473 e. The van der Waals surface area contributed by atoms with E-state index in [1.807, 2.05) is 4.90 Å². The predicted molar refractivity (Wildman–Crippen MR) is 108 cm³/mol. The molecule has 0 saturated carbocycles. The van der Waals surface area contributed by atoms with Crippen LogP contribution in [-0.2, 0) is 17.9 Å². The molecule has 164 valence electrons.